The van der Waals surface area contributed by atoms with Gasteiger partial charge in [0, 0.05) is 13.1 Å². The van der Waals surface area contributed by atoms with E-state index in [2.05, 4.69) is 10.3 Å². The van der Waals surface area contributed by atoms with Gasteiger partial charge in [0.15, 0.2) is 0 Å². The quantitative estimate of drug-likeness (QED) is 0.929. The summed E-state index contributed by atoms with van der Waals surface area (Å²) in [6, 6.07) is 7.85. The minimum absolute atomic E-state index is 0.298. The van der Waals surface area contributed by atoms with Gasteiger partial charge in [0.1, 0.15) is 17.2 Å². The summed E-state index contributed by atoms with van der Waals surface area (Å²) in [6.07, 6.45) is -0.298. The molecule has 1 N–H and O–H groups in total. The Bertz CT molecular complexity index is 579. The molecule has 0 fully saturated rings. The van der Waals surface area contributed by atoms with E-state index in [4.69, 9.17) is 9.47 Å². The van der Waals surface area contributed by atoms with Gasteiger partial charge in [-0.15, -0.1) is 0 Å². The van der Waals surface area contributed by atoms with Gasteiger partial charge in [-0.2, -0.15) is 0 Å². The number of hydrogen-bond donors (Lipinski definition) is 1. The van der Waals surface area contributed by atoms with Crippen molar-refractivity contribution in [2.24, 2.45) is 4.99 Å². The Kier molecular flexibility index (Phi) is 5.47. The second-order valence-corrected chi connectivity index (χ2v) is 6.44. The van der Waals surface area contributed by atoms with E-state index in [1.165, 1.54) is 0 Å². The SMILES string of the molecule is COc1cccc(CNC2=NCCN(C(=O)OC(C)(C)C)C2)c1. The van der Waals surface area contributed by atoms with Gasteiger partial charge in [-0.1, -0.05) is 12.1 Å². The normalized spacial score (nSPS) is 15.0. The first kappa shape index (κ1) is 17.1. The second kappa shape index (κ2) is 7.35. The fourth-order valence-corrected chi connectivity index (χ4v) is 2.20. The van der Waals surface area contributed by atoms with Crippen LogP contribution < -0.4 is 10.1 Å². The van der Waals surface area contributed by atoms with Crippen LogP contribution in [0.4, 0.5) is 4.79 Å². The molecule has 0 atom stereocenters. The van der Waals surface area contributed by atoms with Crippen LogP contribution in [0.25, 0.3) is 0 Å². The highest BCUT2D eigenvalue weighted by Gasteiger charge is 2.24. The topological polar surface area (TPSA) is 63.2 Å². The monoisotopic (exact) mass is 319 g/mol. The van der Waals surface area contributed by atoms with Crippen LogP contribution in [-0.2, 0) is 11.3 Å². The molecule has 1 amide bonds. The van der Waals surface area contributed by atoms with Crippen molar-refractivity contribution in [3.05, 3.63) is 29.8 Å². The standard InChI is InChI=1S/C17H25N3O3/c1-17(2,3)23-16(21)20-9-8-18-15(12-20)19-11-13-6-5-7-14(10-13)22-4/h5-7,10H,8-9,11-12H2,1-4H3,(H,18,19). The molecule has 1 aromatic carbocycles. The first-order valence-corrected chi connectivity index (χ1v) is 7.75. The van der Waals surface area contributed by atoms with Gasteiger partial charge < -0.3 is 14.8 Å². The predicted octanol–water partition coefficient (Wildman–Crippen LogP) is 2.43. The van der Waals surface area contributed by atoms with E-state index in [0.717, 1.165) is 17.1 Å². The Labute approximate surface area is 137 Å². The maximum absolute atomic E-state index is 12.1. The highest BCUT2D eigenvalue weighted by Crippen LogP contribution is 2.13. The summed E-state index contributed by atoms with van der Waals surface area (Å²) < 4.78 is 10.6. The molecule has 126 valence electrons. The molecular weight excluding hydrogens is 294 g/mol. The van der Waals surface area contributed by atoms with E-state index in [0.29, 0.717) is 26.2 Å². The van der Waals surface area contributed by atoms with E-state index < -0.39 is 5.60 Å². The Balaban J connectivity index is 1.88. The summed E-state index contributed by atoms with van der Waals surface area (Å²) in [4.78, 5) is 18.2. The summed E-state index contributed by atoms with van der Waals surface area (Å²) in [6.45, 7) is 7.84. The van der Waals surface area contributed by atoms with Crippen LogP contribution in [-0.4, -0.2) is 49.2 Å². The minimum Gasteiger partial charge on any atom is -0.497 e. The number of rotatable bonds is 3. The largest absolute Gasteiger partial charge is 0.497 e. The molecule has 1 aromatic rings. The zero-order chi connectivity index (χ0) is 16.9. The van der Waals surface area contributed by atoms with Crippen LogP contribution in [0.3, 0.4) is 0 Å². The van der Waals surface area contributed by atoms with Crippen molar-refractivity contribution >= 4 is 11.9 Å². The molecule has 6 nitrogen and oxygen atoms in total. The molecule has 1 aliphatic heterocycles. The van der Waals surface area contributed by atoms with Gasteiger partial charge in [0.2, 0.25) is 0 Å². The molecule has 0 bridgehead atoms. The maximum Gasteiger partial charge on any atom is 0.410 e. The van der Waals surface area contributed by atoms with Crippen LogP contribution in [0.5, 0.6) is 5.75 Å². The van der Waals surface area contributed by atoms with Crippen molar-refractivity contribution in [3.63, 3.8) is 0 Å². The van der Waals surface area contributed by atoms with E-state index in [1.54, 1.807) is 12.0 Å². The molecule has 23 heavy (non-hydrogen) atoms. The number of ether oxygens (including phenoxy) is 2. The Morgan fingerprint density at radius 1 is 1.39 bits per heavy atom. The van der Waals surface area contributed by atoms with Crippen molar-refractivity contribution in [1.29, 1.82) is 0 Å². The number of carbonyl (C=O) groups is 1. The van der Waals surface area contributed by atoms with E-state index in [1.807, 2.05) is 45.0 Å². The number of aliphatic imine (C=N–C) groups is 1. The van der Waals surface area contributed by atoms with Crippen LogP contribution in [0.2, 0.25) is 0 Å². The number of amidine groups is 1. The third kappa shape index (κ3) is 5.47. The first-order chi connectivity index (χ1) is 10.9. The van der Waals surface area contributed by atoms with Gasteiger partial charge in [0.05, 0.1) is 20.2 Å². The second-order valence-electron chi connectivity index (χ2n) is 6.44. The summed E-state index contributed by atoms with van der Waals surface area (Å²) in [5.41, 5.74) is 0.612. The minimum atomic E-state index is -0.486. The average Bonchev–Trinajstić information content (AvgIpc) is 2.52. The Morgan fingerprint density at radius 3 is 2.87 bits per heavy atom. The molecule has 0 saturated heterocycles. The molecular formula is C17H25N3O3. The summed E-state index contributed by atoms with van der Waals surface area (Å²) in [5.74, 6) is 1.62. The molecule has 1 aliphatic rings. The molecule has 0 unspecified atom stereocenters. The van der Waals surface area contributed by atoms with Gasteiger partial charge in [-0.3, -0.25) is 9.89 Å². The maximum atomic E-state index is 12.1. The fourth-order valence-electron chi connectivity index (χ4n) is 2.20. The number of hydrogen-bond acceptors (Lipinski definition) is 5. The van der Waals surface area contributed by atoms with E-state index in [-0.39, 0.29) is 6.09 Å². The summed E-state index contributed by atoms with van der Waals surface area (Å²) in [5, 5.41) is 3.28. The summed E-state index contributed by atoms with van der Waals surface area (Å²) >= 11 is 0. The lowest BCUT2D eigenvalue weighted by molar-refractivity contribution is 0.0276. The average molecular weight is 319 g/mol. The fraction of sp³-hybridized carbons (Fsp3) is 0.529. The van der Waals surface area contributed by atoms with Gasteiger partial charge >= 0.3 is 6.09 Å². The molecule has 0 spiro atoms. The Morgan fingerprint density at radius 2 is 2.17 bits per heavy atom. The van der Waals surface area contributed by atoms with E-state index in [9.17, 15) is 4.79 Å². The third-order valence-electron chi connectivity index (χ3n) is 3.30. The van der Waals surface area contributed by atoms with Crippen LogP contribution in [0, 0.1) is 0 Å². The van der Waals surface area contributed by atoms with Crippen molar-refractivity contribution in [2.75, 3.05) is 26.7 Å². The van der Waals surface area contributed by atoms with Gasteiger partial charge in [-0.25, -0.2) is 4.79 Å². The van der Waals surface area contributed by atoms with E-state index >= 15 is 0 Å². The predicted molar refractivity (Wildman–Crippen MR) is 89.9 cm³/mol. The van der Waals surface area contributed by atoms with Gasteiger partial charge in [0.25, 0.3) is 0 Å². The third-order valence-corrected chi connectivity index (χ3v) is 3.30. The van der Waals surface area contributed by atoms with Crippen LogP contribution >= 0.6 is 0 Å². The smallest absolute Gasteiger partial charge is 0.410 e. The molecule has 2 rings (SSSR count). The zero-order valence-electron chi connectivity index (χ0n) is 14.3. The molecule has 0 aromatic heterocycles. The summed E-state index contributed by atoms with van der Waals surface area (Å²) in [7, 11) is 1.65. The zero-order valence-corrected chi connectivity index (χ0v) is 14.3. The molecule has 0 radical (unpaired) electrons. The highest BCUT2D eigenvalue weighted by atomic mass is 16.6. The number of nitrogens with zero attached hydrogens (tertiary/aromatic N) is 2. The lowest BCUT2D eigenvalue weighted by Gasteiger charge is -2.30. The van der Waals surface area contributed by atoms with Crippen molar-refractivity contribution in [3.8, 4) is 5.75 Å². The number of amides is 1. The van der Waals surface area contributed by atoms with Crippen molar-refractivity contribution in [2.45, 2.75) is 32.9 Å². The number of carbonyl (C=O) groups excluding carboxylic acids is 1. The van der Waals surface area contributed by atoms with Crippen LogP contribution in [0.15, 0.2) is 29.3 Å². The van der Waals surface area contributed by atoms with Crippen LogP contribution in [0.1, 0.15) is 26.3 Å². The molecule has 6 heteroatoms. The Hall–Kier alpha value is -2.24. The van der Waals surface area contributed by atoms with Gasteiger partial charge in [-0.05, 0) is 38.5 Å². The first-order valence-electron chi connectivity index (χ1n) is 7.75. The lowest BCUT2D eigenvalue weighted by Crippen LogP contribution is -2.47. The van der Waals surface area contributed by atoms with Crippen molar-refractivity contribution < 1.29 is 14.3 Å². The lowest BCUT2D eigenvalue weighted by atomic mass is 10.2. The molecule has 0 saturated carbocycles. The number of benzene rings is 1. The number of nitrogens with one attached hydrogen (secondary N) is 1. The molecule has 0 aliphatic carbocycles. The molecule has 1 heterocycles. The van der Waals surface area contributed by atoms with Crippen molar-refractivity contribution in [1.82, 2.24) is 10.2 Å². The number of methoxy groups -OCH3 is 1. The highest BCUT2D eigenvalue weighted by molar-refractivity contribution is 5.87.